The molecule has 0 aliphatic rings. The Bertz CT molecular complexity index is 629. The first kappa shape index (κ1) is 17.5. The average Bonchev–Trinajstić information content (AvgIpc) is 2.92. The molecule has 0 bridgehead atoms. The molecule has 1 N–H and O–H groups in total. The summed E-state index contributed by atoms with van der Waals surface area (Å²) in [6.07, 6.45) is -1.80. The molecule has 0 aliphatic carbocycles. The summed E-state index contributed by atoms with van der Waals surface area (Å²) in [7, 11) is 0. The monoisotopic (exact) mass is 335 g/mol. The van der Waals surface area contributed by atoms with Crippen molar-refractivity contribution < 1.29 is 37.5 Å². The van der Waals surface area contributed by atoms with E-state index >= 15 is 0 Å². The second kappa shape index (κ2) is 7.45. The zero-order valence-corrected chi connectivity index (χ0v) is 11.5. The Balaban J connectivity index is 0.000000295. The van der Waals surface area contributed by atoms with Crippen LogP contribution in [0, 0.1) is 0 Å². The van der Waals surface area contributed by atoms with Gasteiger partial charge in [0.05, 0.1) is 0 Å². The first-order chi connectivity index (χ1) is 10.2. The van der Waals surface area contributed by atoms with Crippen LogP contribution >= 0.6 is 11.5 Å². The highest BCUT2D eigenvalue weighted by Gasteiger charge is 2.28. The summed E-state index contributed by atoms with van der Waals surface area (Å²) in [5, 5.41) is 17.4. The third-order valence-electron chi connectivity index (χ3n) is 2.06. The maximum absolute atomic E-state index is 10.5. The molecule has 0 atom stereocenters. The maximum Gasteiger partial charge on any atom is 0.430 e. The Morgan fingerprint density at radius 3 is 2.23 bits per heavy atom. The number of carboxylic acid groups (broad SMARTS) is 2. The third-order valence-corrected chi connectivity index (χ3v) is 2.54. The second-order valence-electron chi connectivity index (χ2n) is 3.69. The van der Waals surface area contributed by atoms with E-state index in [1.54, 1.807) is 34.6 Å². The highest BCUT2D eigenvalue weighted by Crippen LogP contribution is 2.12. The number of pyridine rings is 1. The van der Waals surface area contributed by atoms with Gasteiger partial charge in [-0.15, -0.1) is 0 Å². The highest BCUT2D eigenvalue weighted by molar-refractivity contribution is 7.03. The Morgan fingerprint density at radius 2 is 1.86 bits per heavy atom. The molecule has 0 unspecified atom stereocenters. The lowest BCUT2D eigenvalue weighted by atomic mass is 10.2. The molecule has 11 heteroatoms. The first-order valence-electron chi connectivity index (χ1n) is 5.46. The van der Waals surface area contributed by atoms with Gasteiger partial charge in [-0.1, -0.05) is 0 Å². The van der Waals surface area contributed by atoms with E-state index in [0.717, 1.165) is 5.56 Å². The predicted octanol–water partition coefficient (Wildman–Crippen LogP) is -0.124. The topological polar surface area (TPSA) is 107 Å². The van der Waals surface area contributed by atoms with E-state index in [0.29, 0.717) is 5.82 Å². The van der Waals surface area contributed by atoms with Crippen molar-refractivity contribution in [3.63, 3.8) is 0 Å². The minimum atomic E-state index is -5.19. The number of carbonyl (C=O) groups excluding carboxylic acids is 1. The van der Waals surface area contributed by atoms with Crippen molar-refractivity contribution in [2.75, 3.05) is 0 Å². The van der Waals surface area contributed by atoms with Gasteiger partial charge in [0.15, 0.2) is 18.2 Å². The molecule has 2 aromatic rings. The summed E-state index contributed by atoms with van der Waals surface area (Å²) in [5.74, 6) is -3.20. The molecule has 0 saturated heterocycles. The van der Waals surface area contributed by atoms with Crippen LogP contribution in [-0.2, 0) is 16.1 Å². The molecule has 22 heavy (non-hydrogen) atoms. The largest absolute Gasteiger partial charge is 0.542 e. The Hall–Kier alpha value is -2.56. The van der Waals surface area contributed by atoms with Crippen molar-refractivity contribution >= 4 is 23.5 Å². The Morgan fingerprint density at radius 1 is 1.32 bits per heavy atom. The van der Waals surface area contributed by atoms with Crippen molar-refractivity contribution in [3.8, 4) is 11.4 Å². The molecule has 7 nitrogen and oxygen atoms in total. The molecule has 118 valence electrons. The van der Waals surface area contributed by atoms with Crippen molar-refractivity contribution in [2.24, 2.45) is 0 Å². The fraction of sp³-hybridized carbons (Fsp3) is 0.182. The number of carbonyl (C=O) groups is 2. The van der Waals surface area contributed by atoms with Crippen LogP contribution in [0.1, 0.15) is 0 Å². The fourth-order valence-corrected chi connectivity index (χ4v) is 1.61. The predicted molar refractivity (Wildman–Crippen MR) is 64.2 cm³/mol. The van der Waals surface area contributed by atoms with Crippen molar-refractivity contribution in [1.82, 2.24) is 9.36 Å². The van der Waals surface area contributed by atoms with E-state index in [1.807, 2.05) is 0 Å². The Kier molecular flexibility index (Phi) is 5.92. The van der Waals surface area contributed by atoms with Crippen LogP contribution in [0.15, 0.2) is 30.0 Å². The molecule has 2 rings (SSSR count). The lowest BCUT2D eigenvalue weighted by Crippen LogP contribution is -2.37. The van der Waals surface area contributed by atoms with E-state index in [4.69, 9.17) is 15.0 Å². The highest BCUT2D eigenvalue weighted by atomic mass is 32.1. The van der Waals surface area contributed by atoms with Crippen LogP contribution in [0.3, 0.4) is 0 Å². The summed E-state index contributed by atoms with van der Waals surface area (Å²) in [6.45, 7) is -0.0369. The van der Waals surface area contributed by atoms with Gasteiger partial charge in [0.1, 0.15) is 11.5 Å². The van der Waals surface area contributed by atoms with Gasteiger partial charge in [-0.3, -0.25) is 0 Å². The van der Waals surface area contributed by atoms with E-state index in [2.05, 4.69) is 9.36 Å². The number of hydrogen-bond acceptors (Lipinski definition) is 6. The zero-order chi connectivity index (χ0) is 16.8. The van der Waals surface area contributed by atoms with E-state index < -0.39 is 18.1 Å². The smallest absolute Gasteiger partial charge is 0.430 e. The number of alkyl halides is 3. The van der Waals surface area contributed by atoms with Crippen LogP contribution in [0.25, 0.3) is 11.4 Å². The van der Waals surface area contributed by atoms with Gasteiger partial charge in [-0.05, 0) is 11.5 Å². The van der Waals surface area contributed by atoms with Crippen LogP contribution in [0.5, 0.6) is 0 Å². The SMILES string of the molecule is O=C(O)C[n+]1ccc(-c2ncsn2)cc1.O=C([O-])C(F)(F)F. The van der Waals surface area contributed by atoms with Crippen LogP contribution < -0.4 is 9.67 Å². The molecule has 0 radical (unpaired) electrons. The fourth-order valence-electron chi connectivity index (χ4n) is 1.17. The van der Waals surface area contributed by atoms with Crippen LogP contribution in [0.4, 0.5) is 13.2 Å². The minimum absolute atomic E-state index is 0.0369. The van der Waals surface area contributed by atoms with Crippen LogP contribution in [-0.4, -0.2) is 32.6 Å². The van der Waals surface area contributed by atoms with Gasteiger partial charge < -0.3 is 15.0 Å². The molecule has 0 saturated carbocycles. The molecule has 0 amide bonds. The lowest BCUT2D eigenvalue weighted by Gasteiger charge is -2.03. The van der Waals surface area contributed by atoms with Gasteiger partial charge in [0.2, 0.25) is 6.54 Å². The third kappa shape index (κ3) is 5.83. The van der Waals surface area contributed by atoms with Gasteiger partial charge in [0, 0.05) is 17.7 Å². The van der Waals surface area contributed by atoms with Gasteiger partial charge in [-0.25, -0.2) is 9.78 Å². The molecule has 0 aliphatic heterocycles. The molecule has 2 aromatic heterocycles. The normalized spacial score (nSPS) is 10.5. The molecule has 2 heterocycles. The number of rotatable bonds is 3. The van der Waals surface area contributed by atoms with Crippen LogP contribution in [0.2, 0.25) is 0 Å². The second-order valence-corrected chi connectivity index (χ2v) is 4.30. The molecular weight excluding hydrogens is 327 g/mol. The van der Waals surface area contributed by atoms with Gasteiger partial charge in [-0.2, -0.15) is 22.1 Å². The van der Waals surface area contributed by atoms with Crippen molar-refractivity contribution in [2.45, 2.75) is 12.7 Å². The van der Waals surface area contributed by atoms with E-state index in [-0.39, 0.29) is 6.54 Å². The standard InChI is InChI=1S/C9H7N3O2S.C2HF3O2/c13-8(14)5-12-3-1-7(2-4-12)9-10-6-15-11-9;3-2(4,5)1(6)7/h1-4,6H,5H2;(H,6,7). The van der Waals surface area contributed by atoms with Crippen molar-refractivity contribution in [1.29, 1.82) is 0 Å². The van der Waals surface area contributed by atoms with Gasteiger partial charge in [0.25, 0.3) is 0 Å². The van der Waals surface area contributed by atoms with E-state index in [9.17, 15) is 18.0 Å². The summed E-state index contributed by atoms with van der Waals surface area (Å²) >= 11 is 1.29. The average molecular weight is 335 g/mol. The molecule has 0 fully saturated rings. The quantitative estimate of drug-likeness (QED) is 0.784. The number of halogens is 3. The Labute approximate surface area is 125 Å². The zero-order valence-electron chi connectivity index (χ0n) is 10.6. The minimum Gasteiger partial charge on any atom is -0.542 e. The van der Waals surface area contributed by atoms with Crippen molar-refractivity contribution in [3.05, 3.63) is 30.0 Å². The number of aliphatic carboxylic acids is 2. The summed E-state index contributed by atoms with van der Waals surface area (Å²) in [4.78, 5) is 23.3. The molecule has 0 aromatic carbocycles. The molecular formula is C11H8F3N3O4S. The summed E-state index contributed by atoms with van der Waals surface area (Å²) in [6, 6.07) is 3.59. The van der Waals surface area contributed by atoms with Gasteiger partial charge >= 0.3 is 12.1 Å². The lowest BCUT2D eigenvalue weighted by molar-refractivity contribution is -0.685. The first-order valence-corrected chi connectivity index (χ1v) is 6.29. The number of carboxylic acids is 2. The summed E-state index contributed by atoms with van der Waals surface area (Å²) < 4.78 is 37.2. The molecule has 0 spiro atoms. The number of aromatic nitrogens is 3. The van der Waals surface area contributed by atoms with E-state index in [1.165, 1.54) is 11.5 Å². The summed E-state index contributed by atoms with van der Waals surface area (Å²) in [5.41, 5.74) is 2.55. The number of hydrogen-bond donors (Lipinski definition) is 1. The maximum atomic E-state index is 10.5. The number of nitrogens with zero attached hydrogens (tertiary/aromatic N) is 3.